The molecule has 1 aliphatic carbocycles. The number of nitrogens with two attached hydrogens (primary N) is 1. The van der Waals surface area contributed by atoms with Gasteiger partial charge in [-0.15, -0.1) is 0 Å². The van der Waals surface area contributed by atoms with E-state index in [1.54, 1.807) is 19.1 Å². The number of aromatic nitrogens is 4. The Morgan fingerprint density at radius 3 is 3.03 bits per heavy atom. The molecule has 0 spiro atoms. The van der Waals surface area contributed by atoms with Gasteiger partial charge >= 0.3 is 0 Å². The zero-order chi connectivity index (χ0) is 24.3. The van der Waals surface area contributed by atoms with Crippen LogP contribution in [-0.4, -0.2) is 43.5 Å². The third kappa shape index (κ3) is 3.44. The molecule has 0 aromatic carbocycles. The molecule has 160 valence electrons. The quantitative estimate of drug-likeness (QED) is 0.580. The van der Waals surface area contributed by atoms with Gasteiger partial charge in [0, 0.05) is 37.3 Å². The van der Waals surface area contributed by atoms with Crippen LogP contribution in [0.4, 0.5) is 4.39 Å². The monoisotopic (exact) mass is 461 g/mol. The van der Waals surface area contributed by atoms with Gasteiger partial charge in [-0.3, -0.25) is 9.98 Å². The molecule has 10 heteroatoms. The third-order valence-corrected chi connectivity index (χ3v) is 7.48. The molecular formula is C21H20ClFN6OS. The number of rotatable bonds is 5. The number of hydrogen-bond donors (Lipinski definition) is 1. The van der Waals surface area contributed by atoms with Gasteiger partial charge in [0.15, 0.2) is 5.17 Å². The molecule has 3 aromatic heterocycles. The van der Waals surface area contributed by atoms with Gasteiger partial charge in [0.2, 0.25) is 5.95 Å². The molecule has 0 saturated heterocycles. The van der Waals surface area contributed by atoms with Gasteiger partial charge in [-0.25, -0.2) is 15.0 Å². The summed E-state index contributed by atoms with van der Waals surface area (Å²) in [4.78, 5) is 21.5. The van der Waals surface area contributed by atoms with Crippen LogP contribution < -0.4 is 5.73 Å². The van der Waals surface area contributed by atoms with E-state index in [1.165, 1.54) is 30.5 Å². The number of methoxy groups -OCH3 is 1. The molecule has 5 rings (SSSR count). The first-order valence-electron chi connectivity index (χ1n) is 11.1. The predicted molar refractivity (Wildman–Crippen MR) is 119 cm³/mol. The number of thioether (sulfide) groups is 1. The highest BCUT2D eigenvalue weighted by Crippen LogP contribution is 2.65. The molecule has 4 heterocycles. The second-order valence-corrected chi connectivity index (χ2v) is 9.88. The van der Waals surface area contributed by atoms with Crippen molar-refractivity contribution in [2.75, 3.05) is 13.6 Å². The Balaban J connectivity index is 1.48. The number of pyridine rings is 2. The molecule has 7 nitrogen and oxygen atoms in total. The number of fused-ring (bicyclic) bond motifs is 2. The van der Waals surface area contributed by atoms with Gasteiger partial charge in [-0.1, -0.05) is 23.4 Å². The smallest absolute Gasteiger partial charge is 0.218 e. The van der Waals surface area contributed by atoms with Crippen molar-refractivity contribution in [1.29, 1.82) is 0 Å². The molecule has 2 N–H and O–H groups in total. The first-order valence-corrected chi connectivity index (χ1v) is 10.8. The second-order valence-electron chi connectivity index (χ2n) is 8.01. The minimum atomic E-state index is -2.52. The molecule has 31 heavy (non-hydrogen) atoms. The molecule has 1 saturated carbocycles. The molecule has 0 radical (unpaired) electrons. The van der Waals surface area contributed by atoms with Crippen LogP contribution in [0.25, 0.3) is 11.0 Å². The van der Waals surface area contributed by atoms with Crippen molar-refractivity contribution < 1.29 is 13.2 Å². The van der Waals surface area contributed by atoms with Crippen LogP contribution in [-0.2, 0) is 16.7 Å². The van der Waals surface area contributed by atoms with Crippen LogP contribution in [0.15, 0.2) is 35.8 Å². The van der Waals surface area contributed by atoms with Gasteiger partial charge in [0.05, 0.1) is 37.2 Å². The summed E-state index contributed by atoms with van der Waals surface area (Å²) in [5, 5.41) is 0.731. The van der Waals surface area contributed by atoms with E-state index in [0.29, 0.717) is 45.7 Å². The minimum absolute atomic E-state index is 0.0272. The lowest BCUT2D eigenvalue weighted by molar-refractivity contribution is 0.184. The summed E-state index contributed by atoms with van der Waals surface area (Å²) >= 11 is 7.31. The van der Waals surface area contributed by atoms with E-state index in [9.17, 15) is 0 Å². The maximum Gasteiger partial charge on any atom is 0.218 e. The summed E-state index contributed by atoms with van der Waals surface area (Å²) in [5.41, 5.74) is 7.97. The molecule has 0 bridgehead atoms. The van der Waals surface area contributed by atoms with E-state index in [1.807, 2.05) is 0 Å². The molecule has 1 aliphatic heterocycles. The number of hydrogen-bond acceptors (Lipinski definition) is 8. The Labute approximate surface area is 191 Å². The Morgan fingerprint density at radius 1 is 1.32 bits per heavy atom. The lowest BCUT2D eigenvalue weighted by Crippen LogP contribution is -2.38. The molecule has 0 amide bonds. The summed E-state index contributed by atoms with van der Waals surface area (Å²) in [5.74, 6) is -0.806. The maximum atomic E-state index is 15.1. The average molecular weight is 462 g/mol. The number of halogens is 2. The topological polar surface area (TPSA) is 99.2 Å². The maximum absolute atomic E-state index is 15.1. The molecule has 3 atom stereocenters. The van der Waals surface area contributed by atoms with Crippen LogP contribution >= 0.6 is 23.4 Å². The number of amidine groups is 1. The highest BCUT2D eigenvalue weighted by molar-refractivity contribution is 8.15. The highest BCUT2D eigenvalue weighted by atomic mass is 35.5. The Hall–Kier alpha value is -2.36. The van der Waals surface area contributed by atoms with E-state index in [2.05, 4.69) is 24.9 Å². The summed E-state index contributed by atoms with van der Waals surface area (Å²) < 4.78 is 41.7. The molecule has 1 fully saturated rings. The molecule has 2 aliphatic rings. The van der Waals surface area contributed by atoms with Crippen molar-refractivity contribution >= 4 is 39.6 Å². The first-order chi connectivity index (χ1) is 16.0. The average Bonchev–Trinajstić information content (AvgIpc) is 3.49. The first kappa shape index (κ1) is 17.2. The predicted octanol–water partition coefficient (Wildman–Crippen LogP) is 3.48. The fraction of sp³-hybridized carbons (Fsp3) is 0.381. The van der Waals surface area contributed by atoms with Gasteiger partial charge in [0.25, 0.3) is 0 Å². The van der Waals surface area contributed by atoms with Crippen LogP contribution in [0.2, 0.25) is 5.02 Å². The van der Waals surface area contributed by atoms with E-state index in [4.69, 9.17) is 26.2 Å². The Bertz CT molecular complexity index is 1330. The fourth-order valence-electron chi connectivity index (χ4n) is 4.44. The van der Waals surface area contributed by atoms with Crippen molar-refractivity contribution in [3.05, 3.63) is 58.6 Å². The SMILES string of the molecule is [2H]C([2H])([2H])OC[C@]12C[C@H]1[C@@](C)(c1cc(Cc3ncnc4cc(Cl)cnc34)cnc1F)N=C(N)S2. The summed E-state index contributed by atoms with van der Waals surface area (Å²) in [6.07, 6.45) is 5.35. The van der Waals surface area contributed by atoms with E-state index in [0.717, 1.165) is 0 Å². The molecule has 0 unspecified atom stereocenters. The normalized spacial score (nSPS) is 28.9. The van der Waals surface area contributed by atoms with Crippen molar-refractivity contribution in [2.24, 2.45) is 16.6 Å². The molecular weight excluding hydrogens is 439 g/mol. The van der Waals surface area contributed by atoms with Crippen molar-refractivity contribution in [1.82, 2.24) is 19.9 Å². The van der Waals surface area contributed by atoms with Crippen LogP contribution in [0.3, 0.4) is 0 Å². The van der Waals surface area contributed by atoms with Gasteiger partial charge < -0.3 is 10.5 Å². The minimum Gasteiger partial charge on any atom is -0.383 e. The van der Waals surface area contributed by atoms with E-state index >= 15 is 4.39 Å². The lowest BCUT2D eigenvalue weighted by Gasteiger charge is -2.34. The summed E-state index contributed by atoms with van der Waals surface area (Å²) in [7, 11) is -2.52. The van der Waals surface area contributed by atoms with Gasteiger partial charge in [0.1, 0.15) is 11.8 Å². The summed E-state index contributed by atoms with van der Waals surface area (Å²) in [6.45, 7) is 1.77. The van der Waals surface area contributed by atoms with Crippen LogP contribution in [0.5, 0.6) is 0 Å². The fourth-order valence-corrected chi connectivity index (χ4v) is 5.99. The van der Waals surface area contributed by atoms with Crippen LogP contribution in [0, 0.1) is 11.9 Å². The van der Waals surface area contributed by atoms with Gasteiger partial charge in [-0.2, -0.15) is 4.39 Å². The van der Waals surface area contributed by atoms with Crippen LogP contribution in [0.1, 0.15) is 34.3 Å². The van der Waals surface area contributed by atoms with Gasteiger partial charge in [-0.05, 0) is 31.0 Å². The molecule has 3 aromatic rings. The number of ether oxygens (including phenoxy) is 1. The zero-order valence-corrected chi connectivity index (χ0v) is 18.0. The Kier molecular flexibility index (Phi) is 4.09. The van der Waals surface area contributed by atoms with Crippen molar-refractivity contribution in [2.45, 2.75) is 30.1 Å². The van der Waals surface area contributed by atoms with Crippen molar-refractivity contribution in [3.63, 3.8) is 0 Å². The number of aliphatic imine (C=N–C) groups is 1. The Morgan fingerprint density at radius 2 is 2.19 bits per heavy atom. The van der Waals surface area contributed by atoms with Crippen molar-refractivity contribution in [3.8, 4) is 0 Å². The third-order valence-electron chi connectivity index (χ3n) is 6.00. The number of nitrogens with zero attached hydrogens (tertiary/aromatic N) is 5. The van der Waals surface area contributed by atoms with E-state index < -0.39 is 23.3 Å². The highest BCUT2D eigenvalue weighted by Gasteiger charge is 2.66. The largest absolute Gasteiger partial charge is 0.383 e. The lowest BCUT2D eigenvalue weighted by atomic mass is 9.86. The second kappa shape index (κ2) is 7.36. The zero-order valence-electron chi connectivity index (χ0n) is 19.5. The standard InChI is InChI=1S/C21H20ClFN6OS/c1-20(16-6-21(16,9-30-2)31-19(24)29-20)13-3-11(7-26-18(13)23)4-14-17-15(28-10-27-14)5-12(22)8-25-17/h3,5,7-8,10,16H,4,6,9H2,1-2H3,(H2,24,29)/t16-,20+,21+/m0/s1/i2D3. The summed E-state index contributed by atoms with van der Waals surface area (Å²) in [6, 6.07) is 3.42. The van der Waals surface area contributed by atoms with E-state index in [-0.39, 0.29) is 17.7 Å².